The van der Waals surface area contributed by atoms with Crippen LogP contribution in [-0.2, 0) is 16.6 Å². The van der Waals surface area contributed by atoms with Gasteiger partial charge in [0.1, 0.15) is 5.82 Å². The first-order valence-corrected chi connectivity index (χ1v) is 12.9. The van der Waals surface area contributed by atoms with Crippen molar-refractivity contribution >= 4 is 21.7 Å². The Morgan fingerprint density at radius 3 is 2.66 bits per heavy atom. The molecule has 2 heterocycles. The molecule has 3 aromatic rings. The average molecular weight is 499 g/mol. The van der Waals surface area contributed by atoms with Crippen molar-refractivity contribution in [2.24, 2.45) is 0 Å². The van der Waals surface area contributed by atoms with E-state index in [9.17, 15) is 13.2 Å². The summed E-state index contributed by atoms with van der Waals surface area (Å²) in [6, 6.07) is 13.3. The number of piperidine rings is 1. The first-order chi connectivity index (χ1) is 16.8. The van der Waals surface area contributed by atoms with Crippen LogP contribution >= 0.6 is 0 Å². The van der Waals surface area contributed by atoms with E-state index in [0.717, 1.165) is 24.8 Å². The Kier molecular flexibility index (Phi) is 7.42. The fourth-order valence-electron chi connectivity index (χ4n) is 4.35. The van der Waals surface area contributed by atoms with E-state index in [0.29, 0.717) is 30.4 Å². The number of aromatic nitrogens is 2. The molecule has 0 bridgehead atoms. The lowest BCUT2D eigenvalue weighted by molar-refractivity contribution is 0.102. The summed E-state index contributed by atoms with van der Waals surface area (Å²) in [5.74, 6) is 1.24. The van der Waals surface area contributed by atoms with Crippen molar-refractivity contribution < 1.29 is 22.7 Å². The number of hydrogen-bond donors (Lipinski definition) is 1. The highest BCUT2D eigenvalue weighted by Gasteiger charge is 2.31. The summed E-state index contributed by atoms with van der Waals surface area (Å²) in [4.78, 5) is 13.2. The second kappa shape index (κ2) is 10.5. The number of rotatable bonds is 8. The SMILES string of the molecule is COc1cccc(Cn2nccc2NC(=O)c2cccc(S(=O)(=O)N3CCCCC3C)c2)c1OC. The van der Waals surface area contributed by atoms with Gasteiger partial charge in [-0.3, -0.25) is 4.79 Å². The Morgan fingerprint density at radius 2 is 1.91 bits per heavy atom. The van der Waals surface area contributed by atoms with Crippen LogP contribution in [0, 0.1) is 0 Å². The normalized spacial score (nSPS) is 16.6. The first-order valence-electron chi connectivity index (χ1n) is 11.5. The molecule has 35 heavy (non-hydrogen) atoms. The lowest BCUT2D eigenvalue weighted by atomic mass is 10.1. The number of amides is 1. The molecule has 1 amide bonds. The van der Waals surface area contributed by atoms with Crippen molar-refractivity contribution in [1.29, 1.82) is 0 Å². The Morgan fingerprint density at radius 1 is 1.11 bits per heavy atom. The number of sulfonamides is 1. The molecule has 0 spiro atoms. The summed E-state index contributed by atoms with van der Waals surface area (Å²) in [7, 11) is -0.543. The molecule has 1 N–H and O–H groups in total. The summed E-state index contributed by atoms with van der Waals surface area (Å²) in [5.41, 5.74) is 1.08. The Balaban J connectivity index is 1.54. The fourth-order valence-corrected chi connectivity index (χ4v) is 6.10. The number of hydrogen-bond acceptors (Lipinski definition) is 6. The zero-order valence-corrected chi connectivity index (χ0v) is 20.9. The minimum Gasteiger partial charge on any atom is -0.493 e. The minimum absolute atomic E-state index is 0.0609. The van der Waals surface area contributed by atoms with E-state index in [1.54, 1.807) is 49.4 Å². The van der Waals surface area contributed by atoms with Crippen LogP contribution < -0.4 is 14.8 Å². The second-order valence-corrected chi connectivity index (χ2v) is 10.4. The van der Waals surface area contributed by atoms with Gasteiger partial charge in [0.25, 0.3) is 5.91 Å². The Hall–Kier alpha value is -3.37. The second-order valence-electron chi connectivity index (χ2n) is 8.47. The highest BCUT2D eigenvalue weighted by molar-refractivity contribution is 7.89. The first kappa shape index (κ1) is 24.7. The smallest absolute Gasteiger partial charge is 0.256 e. The monoisotopic (exact) mass is 498 g/mol. The van der Waals surface area contributed by atoms with Gasteiger partial charge in [-0.05, 0) is 44.0 Å². The molecule has 0 radical (unpaired) electrons. The molecule has 1 saturated heterocycles. The number of nitrogens with zero attached hydrogens (tertiary/aromatic N) is 3. The maximum absolute atomic E-state index is 13.2. The van der Waals surface area contributed by atoms with Crippen LogP contribution in [0.15, 0.2) is 59.6 Å². The highest BCUT2D eigenvalue weighted by Crippen LogP contribution is 2.31. The molecule has 10 heteroatoms. The van der Waals surface area contributed by atoms with E-state index in [1.165, 1.54) is 16.4 Å². The summed E-state index contributed by atoms with van der Waals surface area (Å²) >= 11 is 0. The number of benzene rings is 2. The van der Waals surface area contributed by atoms with Gasteiger partial charge >= 0.3 is 0 Å². The number of anilines is 1. The van der Waals surface area contributed by atoms with Gasteiger partial charge < -0.3 is 14.8 Å². The Labute approximate surface area is 205 Å². The van der Waals surface area contributed by atoms with Gasteiger partial charge in [0.2, 0.25) is 10.0 Å². The van der Waals surface area contributed by atoms with Crippen molar-refractivity contribution in [2.45, 2.75) is 43.7 Å². The predicted octanol–water partition coefficient (Wildman–Crippen LogP) is 3.76. The minimum atomic E-state index is -3.68. The summed E-state index contributed by atoms with van der Waals surface area (Å²) < 4.78 is 40.5. The quantitative estimate of drug-likeness (QED) is 0.507. The zero-order valence-electron chi connectivity index (χ0n) is 20.1. The summed E-state index contributed by atoms with van der Waals surface area (Å²) in [6.07, 6.45) is 4.28. The lowest BCUT2D eigenvalue weighted by Gasteiger charge is -2.32. The van der Waals surface area contributed by atoms with Crippen molar-refractivity contribution in [3.8, 4) is 11.5 Å². The molecule has 2 aromatic carbocycles. The van der Waals surface area contributed by atoms with E-state index < -0.39 is 15.9 Å². The number of carbonyl (C=O) groups excluding carboxylic acids is 1. The van der Waals surface area contributed by atoms with Gasteiger partial charge in [-0.25, -0.2) is 13.1 Å². The number of para-hydroxylation sites is 1. The van der Waals surface area contributed by atoms with Gasteiger partial charge in [-0.2, -0.15) is 9.40 Å². The summed E-state index contributed by atoms with van der Waals surface area (Å²) in [6.45, 7) is 2.75. The van der Waals surface area contributed by atoms with Crippen molar-refractivity contribution in [3.05, 3.63) is 65.9 Å². The van der Waals surface area contributed by atoms with Crippen LogP contribution in [0.25, 0.3) is 0 Å². The molecule has 9 nitrogen and oxygen atoms in total. The van der Waals surface area contributed by atoms with Gasteiger partial charge in [0.05, 0.1) is 31.9 Å². The maximum atomic E-state index is 13.2. The maximum Gasteiger partial charge on any atom is 0.256 e. The molecular weight excluding hydrogens is 468 g/mol. The van der Waals surface area contributed by atoms with Gasteiger partial charge in [0.15, 0.2) is 11.5 Å². The third-order valence-corrected chi connectivity index (χ3v) is 8.22. The third kappa shape index (κ3) is 5.18. The standard InChI is InChI=1S/C25H30N4O5S/c1-18-8-4-5-15-29(18)35(31,32)21-11-6-9-19(16-21)25(30)27-23-13-14-26-28(23)17-20-10-7-12-22(33-2)24(20)34-3/h6-7,9-14,16,18H,4-5,8,15,17H2,1-3H3,(H,27,30). The number of nitrogens with one attached hydrogen (secondary N) is 1. The molecule has 1 fully saturated rings. The van der Waals surface area contributed by atoms with Crippen LogP contribution in [0.1, 0.15) is 42.1 Å². The van der Waals surface area contributed by atoms with Crippen LogP contribution in [0.3, 0.4) is 0 Å². The molecule has 1 aliphatic rings. The van der Waals surface area contributed by atoms with Crippen LogP contribution in [0.2, 0.25) is 0 Å². The molecule has 1 atom stereocenters. The number of methoxy groups -OCH3 is 2. The van der Waals surface area contributed by atoms with Crippen LogP contribution in [0.5, 0.6) is 11.5 Å². The number of carbonyl (C=O) groups is 1. The van der Waals surface area contributed by atoms with Gasteiger partial charge in [-0.1, -0.05) is 24.6 Å². The van der Waals surface area contributed by atoms with E-state index in [4.69, 9.17) is 9.47 Å². The van der Waals surface area contributed by atoms with E-state index in [2.05, 4.69) is 10.4 Å². The Bertz CT molecular complexity index is 1300. The summed E-state index contributed by atoms with van der Waals surface area (Å²) in [5, 5.41) is 7.16. The van der Waals surface area contributed by atoms with Crippen molar-refractivity contribution in [1.82, 2.24) is 14.1 Å². The van der Waals surface area contributed by atoms with Gasteiger partial charge in [0, 0.05) is 29.8 Å². The fraction of sp³-hybridized carbons (Fsp3) is 0.360. The van der Waals surface area contributed by atoms with E-state index in [-0.39, 0.29) is 16.5 Å². The largest absolute Gasteiger partial charge is 0.493 e. The van der Waals surface area contributed by atoms with E-state index >= 15 is 0 Å². The molecule has 0 saturated carbocycles. The van der Waals surface area contributed by atoms with Crippen LogP contribution in [0.4, 0.5) is 5.82 Å². The van der Waals surface area contributed by atoms with Gasteiger partial charge in [-0.15, -0.1) is 0 Å². The molecule has 1 unspecified atom stereocenters. The zero-order chi connectivity index (χ0) is 25.0. The predicted molar refractivity (Wildman–Crippen MR) is 132 cm³/mol. The molecule has 186 valence electrons. The van der Waals surface area contributed by atoms with E-state index in [1.807, 2.05) is 19.1 Å². The van der Waals surface area contributed by atoms with Crippen molar-refractivity contribution in [3.63, 3.8) is 0 Å². The van der Waals surface area contributed by atoms with Crippen molar-refractivity contribution in [2.75, 3.05) is 26.1 Å². The highest BCUT2D eigenvalue weighted by atomic mass is 32.2. The molecule has 0 aliphatic carbocycles. The molecule has 1 aromatic heterocycles. The average Bonchev–Trinajstić information content (AvgIpc) is 3.30. The number of ether oxygens (including phenoxy) is 2. The topological polar surface area (TPSA) is 103 Å². The van der Waals surface area contributed by atoms with Crippen LogP contribution in [-0.4, -0.2) is 55.2 Å². The molecule has 1 aliphatic heterocycles. The molecule has 4 rings (SSSR count). The third-order valence-electron chi connectivity index (χ3n) is 6.21. The molecular formula is C25H30N4O5S. The lowest BCUT2D eigenvalue weighted by Crippen LogP contribution is -2.41.